The van der Waals surface area contributed by atoms with Crippen LogP contribution < -0.4 is 10.6 Å². The van der Waals surface area contributed by atoms with Crippen LogP contribution in [0.3, 0.4) is 0 Å². The minimum Gasteiger partial charge on any atom is -0.322 e. The zero-order chi connectivity index (χ0) is 28.9. The number of rotatable bonds is 8. The molecule has 8 heteroatoms. The Morgan fingerprint density at radius 1 is 0.762 bits per heavy atom. The lowest BCUT2D eigenvalue weighted by molar-refractivity contribution is -0.115. The van der Waals surface area contributed by atoms with Crippen molar-refractivity contribution in [2.45, 2.75) is 10.1 Å². The Labute approximate surface area is 250 Å². The Morgan fingerprint density at radius 3 is 2.36 bits per heavy atom. The zero-order valence-corrected chi connectivity index (χ0v) is 23.8. The van der Waals surface area contributed by atoms with E-state index in [1.54, 1.807) is 24.3 Å². The van der Waals surface area contributed by atoms with Gasteiger partial charge in [-0.3, -0.25) is 9.59 Å². The molecule has 0 aliphatic heterocycles. The second-order valence-electron chi connectivity index (χ2n) is 9.46. The van der Waals surface area contributed by atoms with E-state index in [1.165, 1.54) is 41.3 Å². The normalized spacial score (nSPS) is 11.6. The minimum absolute atomic E-state index is 0.0383. The number of hydrogen-bond acceptors (Lipinski definition) is 5. The number of thioether (sulfide) groups is 1. The lowest BCUT2D eigenvalue weighted by Crippen LogP contribution is -2.19. The second kappa shape index (κ2) is 12.4. The van der Waals surface area contributed by atoms with Gasteiger partial charge in [0, 0.05) is 21.5 Å². The van der Waals surface area contributed by atoms with Gasteiger partial charge < -0.3 is 10.6 Å². The van der Waals surface area contributed by atoms with Crippen LogP contribution in [-0.4, -0.2) is 16.8 Å². The summed E-state index contributed by atoms with van der Waals surface area (Å²) in [5, 5.41) is 9.89. The van der Waals surface area contributed by atoms with Crippen molar-refractivity contribution in [3.05, 3.63) is 144 Å². The van der Waals surface area contributed by atoms with Crippen molar-refractivity contribution in [1.82, 2.24) is 4.98 Å². The predicted molar refractivity (Wildman–Crippen MR) is 170 cm³/mol. The molecular formula is C34H24FN3O2S2. The number of thiazole rings is 1. The number of halogens is 1. The van der Waals surface area contributed by atoms with E-state index in [9.17, 15) is 14.0 Å². The summed E-state index contributed by atoms with van der Waals surface area (Å²) in [5.41, 5.74) is 3.06. The van der Waals surface area contributed by atoms with Gasteiger partial charge in [0.1, 0.15) is 11.1 Å². The van der Waals surface area contributed by atoms with Gasteiger partial charge in [0.25, 0.3) is 5.91 Å². The molecule has 1 atom stereocenters. The fourth-order valence-electron chi connectivity index (χ4n) is 4.51. The van der Waals surface area contributed by atoms with E-state index in [4.69, 9.17) is 4.98 Å². The molecule has 5 aromatic carbocycles. The molecule has 2 amide bonds. The van der Waals surface area contributed by atoms with Crippen LogP contribution in [0.1, 0.15) is 21.2 Å². The van der Waals surface area contributed by atoms with Crippen LogP contribution in [0.5, 0.6) is 0 Å². The van der Waals surface area contributed by atoms with Gasteiger partial charge in [-0.1, -0.05) is 84.9 Å². The van der Waals surface area contributed by atoms with Gasteiger partial charge >= 0.3 is 0 Å². The third kappa shape index (κ3) is 6.25. The van der Waals surface area contributed by atoms with Crippen molar-refractivity contribution >= 4 is 56.5 Å². The van der Waals surface area contributed by atoms with Crippen LogP contribution in [0, 0.1) is 5.82 Å². The van der Waals surface area contributed by atoms with Crippen LogP contribution in [-0.2, 0) is 4.79 Å². The SMILES string of the molecule is O=C(Nc1cccc(SC(C(=O)Nc2nc(-c3ccc4ccccc4c3)cs2)c2ccccc2)c1)c1ccccc1F. The molecular weight excluding hydrogens is 566 g/mol. The molecule has 0 aliphatic rings. The predicted octanol–water partition coefficient (Wildman–Crippen LogP) is 8.83. The zero-order valence-electron chi connectivity index (χ0n) is 22.2. The standard InChI is InChI=1S/C34H24FN3O2S2/c35-29-16-7-6-15-28(29)32(39)36-26-13-8-14-27(20-26)42-31(23-10-2-1-3-11-23)33(40)38-34-37-30(21-41-34)25-18-17-22-9-4-5-12-24(22)19-25/h1-21,31H,(H,36,39)(H,37,38,40). The summed E-state index contributed by atoms with van der Waals surface area (Å²) in [4.78, 5) is 31.7. The molecule has 1 heterocycles. The number of anilines is 2. The smallest absolute Gasteiger partial charge is 0.258 e. The maximum Gasteiger partial charge on any atom is 0.258 e. The molecule has 0 fully saturated rings. The van der Waals surface area contributed by atoms with Gasteiger partial charge in [-0.05, 0) is 52.7 Å². The monoisotopic (exact) mass is 589 g/mol. The number of amides is 2. The lowest BCUT2D eigenvalue weighted by atomic mass is 10.1. The minimum atomic E-state index is -0.590. The first-order valence-electron chi connectivity index (χ1n) is 13.2. The van der Waals surface area contributed by atoms with Gasteiger partial charge in [0.15, 0.2) is 5.13 Å². The van der Waals surface area contributed by atoms with Crippen molar-refractivity contribution in [1.29, 1.82) is 0 Å². The first-order chi connectivity index (χ1) is 20.5. The molecule has 1 unspecified atom stereocenters. The molecule has 206 valence electrons. The number of hydrogen-bond donors (Lipinski definition) is 2. The number of aromatic nitrogens is 1. The molecule has 5 nitrogen and oxygen atoms in total. The van der Waals surface area contributed by atoms with Crippen molar-refractivity contribution in [2.75, 3.05) is 10.6 Å². The van der Waals surface area contributed by atoms with Crippen LogP contribution in [0.2, 0.25) is 0 Å². The first kappa shape index (κ1) is 27.4. The Bertz CT molecular complexity index is 1890. The van der Waals surface area contributed by atoms with Crippen molar-refractivity contribution in [3.8, 4) is 11.3 Å². The van der Waals surface area contributed by atoms with Crippen LogP contribution in [0.25, 0.3) is 22.0 Å². The highest BCUT2D eigenvalue weighted by atomic mass is 32.2. The number of fused-ring (bicyclic) bond motifs is 1. The third-order valence-electron chi connectivity index (χ3n) is 6.58. The van der Waals surface area contributed by atoms with E-state index >= 15 is 0 Å². The van der Waals surface area contributed by atoms with E-state index in [0.717, 1.165) is 32.5 Å². The molecule has 0 aliphatic carbocycles. The average molecular weight is 590 g/mol. The average Bonchev–Trinajstić information content (AvgIpc) is 3.49. The number of benzene rings is 5. The molecule has 0 saturated heterocycles. The fourth-order valence-corrected chi connectivity index (χ4v) is 6.32. The molecule has 42 heavy (non-hydrogen) atoms. The van der Waals surface area contributed by atoms with E-state index < -0.39 is 17.0 Å². The van der Waals surface area contributed by atoms with E-state index in [1.807, 2.05) is 60.0 Å². The van der Waals surface area contributed by atoms with Crippen LogP contribution in [0.4, 0.5) is 15.2 Å². The lowest BCUT2D eigenvalue weighted by Gasteiger charge is -2.17. The Morgan fingerprint density at radius 2 is 1.52 bits per heavy atom. The van der Waals surface area contributed by atoms with Gasteiger partial charge in [-0.15, -0.1) is 23.1 Å². The number of nitrogens with one attached hydrogen (secondary N) is 2. The van der Waals surface area contributed by atoms with Gasteiger partial charge in [0.2, 0.25) is 5.91 Å². The van der Waals surface area contributed by atoms with Crippen LogP contribution in [0.15, 0.2) is 132 Å². The molecule has 0 bridgehead atoms. The second-order valence-corrected chi connectivity index (χ2v) is 11.5. The highest BCUT2D eigenvalue weighted by Gasteiger charge is 2.24. The molecule has 6 rings (SSSR count). The topological polar surface area (TPSA) is 71.1 Å². The molecule has 6 aromatic rings. The van der Waals surface area contributed by atoms with Gasteiger partial charge in [-0.2, -0.15) is 0 Å². The summed E-state index contributed by atoms with van der Waals surface area (Å²) in [6.45, 7) is 0. The van der Waals surface area contributed by atoms with Gasteiger partial charge in [-0.25, -0.2) is 9.37 Å². The summed E-state index contributed by atoms with van der Waals surface area (Å²) < 4.78 is 14.1. The maximum absolute atomic E-state index is 14.1. The molecule has 0 radical (unpaired) electrons. The van der Waals surface area contributed by atoms with Gasteiger partial charge in [0.05, 0.1) is 11.3 Å². The van der Waals surface area contributed by atoms with Crippen molar-refractivity contribution in [2.24, 2.45) is 0 Å². The van der Waals surface area contributed by atoms with Crippen molar-refractivity contribution in [3.63, 3.8) is 0 Å². The Balaban J connectivity index is 1.20. The van der Waals surface area contributed by atoms with Crippen LogP contribution >= 0.6 is 23.1 Å². The number of carbonyl (C=O) groups is 2. The molecule has 0 saturated carbocycles. The maximum atomic E-state index is 14.1. The fraction of sp³-hybridized carbons (Fsp3) is 0.0294. The summed E-state index contributed by atoms with van der Waals surface area (Å²) in [6, 6.07) is 36.8. The summed E-state index contributed by atoms with van der Waals surface area (Å²) in [6.07, 6.45) is 0. The number of nitrogens with zero attached hydrogens (tertiary/aromatic N) is 1. The Kier molecular flexibility index (Phi) is 8.07. The van der Waals surface area contributed by atoms with E-state index in [-0.39, 0.29) is 11.5 Å². The van der Waals surface area contributed by atoms with E-state index in [0.29, 0.717) is 10.8 Å². The molecule has 0 spiro atoms. The quantitative estimate of drug-likeness (QED) is 0.174. The molecule has 1 aromatic heterocycles. The first-order valence-corrected chi connectivity index (χ1v) is 14.9. The Hall–Kier alpha value is -4.79. The largest absolute Gasteiger partial charge is 0.322 e. The number of carbonyl (C=O) groups excluding carboxylic acids is 2. The summed E-state index contributed by atoms with van der Waals surface area (Å²) >= 11 is 2.73. The van der Waals surface area contributed by atoms with E-state index in [2.05, 4.69) is 34.9 Å². The molecule has 2 N–H and O–H groups in total. The third-order valence-corrected chi connectivity index (χ3v) is 8.59. The summed E-state index contributed by atoms with van der Waals surface area (Å²) in [5.74, 6) is -1.35. The summed E-state index contributed by atoms with van der Waals surface area (Å²) in [7, 11) is 0. The van der Waals surface area contributed by atoms with Crippen molar-refractivity contribution < 1.29 is 14.0 Å². The highest BCUT2D eigenvalue weighted by molar-refractivity contribution is 8.00. The highest BCUT2D eigenvalue weighted by Crippen LogP contribution is 2.38.